The highest BCUT2D eigenvalue weighted by atomic mass is 19.1. The lowest BCUT2D eigenvalue weighted by Crippen LogP contribution is -2.14. The second-order valence-corrected chi connectivity index (χ2v) is 6.08. The molecule has 1 heterocycles. The zero-order valence-corrected chi connectivity index (χ0v) is 14.9. The molecule has 0 bridgehead atoms. The van der Waals surface area contributed by atoms with Gasteiger partial charge < -0.3 is 15.4 Å². The second kappa shape index (κ2) is 8.27. The number of benzene rings is 2. The number of hydrogen-bond acceptors (Lipinski definition) is 5. The summed E-state index contributed by atoms with van der Waals surface area (Å²) in [5.74, 6) is 0.503. The van der Waals surface area contributed by atoms with Crippen molar-refractivity contribution in [1.82, 2.24) is 10.2 Å². The molecular formula is C20H19FN4O2. The lowest BCUT2D eigenvalue weighted by Gasteiger charge is -2.10. The first-order valence-electron chi connectivity index (χ1n) is 8.44. The van der Waals surface area contributed by atoms with Crippen LogP contribution >= 0.6 is 0 Å². The van der Waals surface area contributed by atoms with Crippen LogP contribution in [-0.2, 0) is 0 Å². The Morgan fingerprint density at radius 2 is 1.59 bits per heavy atom. The summed E-state index contributed by atoms with van der Waals surface area (Å²) in [5.41, 5.74) is 1.49. The number of nitrogens with zero attached hydrogens (tertiary/aromatic N) is 2. The number of anilines is 3. The van der Waals surface area contributed by atoms with Crippen LogP contribution in [0.5, 0.6) is 5.75 Å². The van der Waals surface area contributed by atoms with E-state index >= 15 is 0 Å². The van der Waals surface area contributed by atoms with Gasteiger partial charge in [-0.25, -0.2) is 4.39 Å². The maximum absolute atomic E-state index is 12.9. The number of hydrogen-bond donors (Lipinski definition) is 2. The topological polar surface area (TPSA) is 76.1 Å². The molecular weight excluding hydrogens is 347 g/mol. The van der Waals surface area contributed by atoms with Crippen LogP contribution < -0.4 is 15.4 Å². The molecule has 0 atom stereocenters. The first-order chi connectivity index (χ1) is 13.0. The molecule has 0 unspecified atom stereocenters. The summed E-state index contributed by atoms with van der Waals surface area (Å²) >= 11 is 0. The van der Waals surface area contributed by atoms with E-state index in [1.807, 2.05) is 13.8 Å². The van der Waals surface area contributed by atoms with Gasteiger partial charge in [-0.2, -0.15) is 0 Å². The predicted octanol–water partition coefficient (Wildman–Crippen LogP) is 4.40. The van der Waals surface area contributed by atoms with Gasteiger partial charge in [0.15, 0.2) is 11.5 Å². The third-order valence-corrected chi connectivity index (χ3v) is 3.50. The van der Waals surface area contributed by atoms with Gasteiger partial charge in [0.05, 0.1) is 6.10 Å². The Kier molecular flexibility index (Phi) is 5.61. The molecule has 3 aromatic rings. The molecule has 7 heteroatoms. The number of carbonyl (C=O) groups is 1. The van der Waals surface area contributed by atoms with Crippen molar-refractivity contribution in [1.29, 1.82) is 0 Å². The molecule has 0 spiro atoms. The highest BCUT2D eigenvalue weighted by Crippen LogP contribution is 2.18. The minimum absolute atomic E-state index is 0.0859. The Morgan fingerprint density at radius 1 is 0.926 bits per heavy atom. The molecule has 2 N–H and O–H groups in total. The van der Waals surface area contributed by atoms with Gasteiger partial charge >= 0.3 is 0 Å². The van der Waals surface area contributed by atoms with Crippen molar-refractivity contribution in [3.8, 4) is 5.75 Å². The monoisotopic (exact) mass is 366 g/mol. The number of aromatic nitrogens is 2. The van der Waals surface area contributed by atoms with E-state index in [9.17, 15) is 9.18 Å². The molecule has 0 aliphatic heterocycles. The summed E-state index contributed by atoms with van der Waals surface area (Å²) in [5, 5.41) is 13.6. The number of halogens is 1. The minimum atomic E-state index is -0.367. The Labute approximate surface area is 156 Å². The predicted molar refractivity (Wildman–Crippen MR) is 102 cm³/mol. The van der Waals surface area contributed by atoms with Crippen LogP contribution in [0.25, 0.3) is 0 Å². The number of ether oxygens (including phenoxy) is 1. The van der Waals surface area contributed by atoms with Crippen LogP contribution in [0.15, 0.2) is 60.7 Å². The summed E-state index contributed by atoms with van der Waals surface area (Å²) in [6, 6.07) is 16.1. The summed E-state index contributed by atoms with van der Waals surface area (Å²) in [6.07, 6.45) is 0.0859. The van der Waals surface area contributed by atoms with E-state index < -0.39 is 0 Å². The van der Waals surface area contributed by atoms with Crippen LogP contribution in [0, 0.1) is 5.82 Å². The molecule has 138 valence electrons. The summed E-state index contributed by atoms with van der Waals surface area (Å²) in [4.78, 5) is 12.3. The van der Waals surface area contributed by atoms with Gasteiger partial charge in [-0.3, -0.25) is 4.79 Å². The van der Waals surface area contributed by atoms with Crippen molar-refractivity contribution < 1.29 is 13.9 Å². The van der Waals surface area contributed by atoms with Gasteiger partial charge in [0, 0.05) is 11.4 Å². The van der Waals surface area contributed by atoms with Crippen molar-refractivity contribution in [2.24, 2.45) is 0 Å². The van der Waals surface area contributed by atoms with Gasteiger partial charge in [-0.15, -0.1) is 10.2 Å². The van der Waals surface area contributed by atoms with E-state index in [0.717, 1.165) is 5.75 Å². The first kappa shape index (κ1) is 18.3. The fourth-order valence-corrected chi connectivity index (χ4v) is 2.29. The van der Waals surface area contributed by atoms with Crippen LogP contribution in [-0.4, -0.2) is 22.2 Å². The normalized spacial score (nSPS) is 10.5. The standard InChI is InChI=1S/C20H19FN4O2/c1-13(2)27-17-9-7-16(8-10-17)23-20(26)18-11-12-19(25-24-18)22-15-5-3-14(21)4-6-15/h3-13H,1-2H3,(H,22,25)(H,23,26). The summed E-state index contributed by atoms with van der Waals surface area (Å²) in [6.45, 7) is 3.89. The number of rotatable bonds is 6. The zero-order valence-electron chi connectivity index (χ0n) is 14.9. The van der Waals surface area contributed by atoms with Gasteiger partial charge in [0.1, 0.15) is 11.6 Å². The van der Waals surface area contributed by atoms with E-state index in [2.05, 4.69) is 20.8 Å². The highest BCUT2D eigenvalue weighted by molar-refractivity contribution is 6.02. The van der Waals surface area contributed by atoms with Crippen LogP contribution in [0.3, 0.4) is 0 Å². The minimum Gasteiger partial charge on any atom is -0.491 e. The first-order valence-corrected chi connectivity index (χ1v) is 8.44. The lowest BCUT2D eigenvalue weighted by molar-refractivity contribution is 0.102. The zero-order chi connectivity index (χ0) is 19.2. The summed E-state index contributed by atoms with van der Waals surface area (Å²) < 4.78 is 18.5. The molecule has 1 amide bonds. The smallest absolute Gasteiger partial charge is 0.276 e. The maximum atomic E-state index is 12.9. The molecule has 2 aromatic carbocycles. The van der Waals surface area contributed by atoms with Crippen molar-refractivity contribution in [3.63, 3.8) is 0 Å². The fraction of sp³-hybridized carbons (Fsp3) is 0.150. The average molecular weight is 366 g/mol. The van der Waals surface area contributed by atoms with E-state index in [0.29, 0.717) is 17.2 Å². The van der Waals surface area contributed by atoms with E-state index in [-0.39, 0.29) is 23.5 Å². The fourth-order valence-electron chi connectivity index (χ4n) is 2.29. The Bertz CT molecular complexity index is 895. The van der Waals surface area contributed by atoms with Gasteiger partial charge in [0.2, 0.25) is 0 Å². The molecule has 0 radical (unpaired) electrons. The second-order valence-electron chi connectivity index (χ2n) is 6.08. The largest absolute Gasteiger partial charge is 0.491 e. The third-order valence-electron chi connectivity index (χ3n) is 3.50. The Balaban J connectivity index is 1.60. The van der Waals surface area contributed by atoms with Crippen molar-refractivity contribution in [2.75, 3.05) is 10.6 Å². The van der Waals surface area contributed by atoms with Crippen molar-refractivity contribution >= 4 is 23.1 Å². The third kappa shape index (κ3) is 5.24. The number of nitrogens with one attached hydrogen (secondary N) is 2. The molecule has 3 rings (SSSR count). The average Bonchev–Trinajstić information content (AvgIpc) is 2.65. The molecule has 1 aromatic heterocycles. The van der Waals surface area contributed by atoms with Crippen LogP contribution in [0.4, 0.5) is 21.6 Å². The van der Waals surface area contributed by atoms with Crippen molar-refractivity contribution in [2.45, 2.75) is 20.0 Å². The SMILES string of the molecule is CC(C)Oc1ccc(NC(=O)c2ccc(Nc3ccc(F)cc3)nn2)cc1. The Hall–Kier alpha value is -3.48. The van der Waals surface area contributed by atoms with E-state index in [4.69, 9.17) is 4.74 Å². The molecule has 27 heavy (non-hydrogen) atoms. The number of carbonyl (C=O) groups excluding carboxylic acids is 1. The van der Waals surface area contributed by atoms with E-state index in [1.54, 1.807) is 48.5 Å². The lowest BCUT2D eigenvalue weighted by atomic mass is 10.2. The molecule has 0 fully saturated rings. The quantitative estimate of drug-likeness (QED) is 0.676. The molecule has 0 aliphatic rings. The molecule has 0 aliphatic carbocycles. The van der Waals surface area contributed by atoms with E-state index in [1.165, 1.54) is 12.1 Å². The number of amides is 1. The maximum Gasteiger partial charge on any atom is 0.276 e. The summed E-state index contributed by atoms with van der Waals surface area (Å²) in [7, 11) is 0. The van der Waals surface area contributed by atoms with Gasteiger partial charge in [-0.1, -0.05) is 0 Å². The van der Waals surface area contributed by atoms with Crippen molar-refractivity contribution in [3.05, 3.63) is 72.2 Å². The highest BCUT2D eigenvalue weighted by Gasteiger charge is 2.09. The molecule has 0 saturated heterocycles. The molecule has 6 nitrogen and oxygen atoms in total. The molecule has 0 saturated carbocycles. The van der Waals surface area contributed by atoms with Crippen LogP contribution in [0.2, 0.25) is 0 Å². The van der Waals surface area contributed by atoms with Gasteiger partial charge in [-0.05, 0) is 74.5 Å². The van der Waals surface area contributed by atoms with Gasteiger partial charge in [0.25, 0.3) is 5.91 Å². The Morgan fingerprint density at radius 3 is 2.19 bits per heavy atom. The van der Waals surface area contributed by atoms with Crippen LogP contribution in [0.1, 0.15) is 24.3 Å².